The molecule has 0 bridgehead atoms. The highest BCUT2D eigenvalue weighted by atomic mass is 79.9. The van der Waals surface area contributed by atoms with Crippen molar-refractivity contribution in [3.63, 3.8) is 0 Å². The van der Waals surface area contributed by atoms with E-state index < -0.39 is 0 Å². The number of rotatable bonds is 2. The number of carbonyl (C=O) groups is 1. The van der Waals surface area contributed by atoms with Crippen molar-refractivity contribution in [2.24, 2.45) is 11.7 Å². The minimum atomic E-state index is -0.131. The third-order valence-corrected chi connectivity index (χ3v) is 4.33. The van der Waals surface area contributed by atoms with Gasteiger partial charge in [-0.25, -0.2) is 0 Å². The van der Waals surface area contributed by atoms with E-state index in [0.29, 0.717) is 11.6 Å². The van der Waals surface area contributed by atoms with Gasteiger partial charge in [-0.15, -0.1) is 0 Å². The van der Waals surface area contributed by atoms with Crippen LogP contribution in [0.3, 0.4) is 0 Å². The Morgan fingerprint density at radius 2 is 2.44 bits per heavy atom. The fourth-order valence-electron chi connectivity index (χ4n) is 2.85. The van der Waals surface area contributed by atoms with Crippen LogP contribution in [-0.4, -0.2) is 35.7 Å². The Bertz CT molecular complexity index is 462. The second-order valence-electron chi connectivity index (χ2n) is 4.95. The van der Waals surface area contributed by atoms with Gasteiger partial charge in [0.25, 0.3) is 5.91 Å². The van der Waals surface area contributed by atoms with Crippen LogP contribution in [0.5, 0.6) is 0 Å². The molecule has 6 heteroatoms. The third kappa shape index (κ3) is 1.98. The highest BCUT2D eigenvalue weighted by molar-refractivity contribution is 9.10. The van der Waals surface area contributed by atoms with Gasteiger partial charge in [-0.2, -0.15) is 0 Å². The van der Waals surface area contributed by atoms with Gasteiger partial charge in [-0.1, -0.05) is 0 Å². The summed E-state index contributed by atoms with van der Waals surface area (Å²) in [5.74, 6) is 0.271. The normalized spacial score (nSPS) is 34.6. The standard InChI is InChI=1S/C12H16BrN3O2/c13-6-4-8(15-5-6)12(17)16-10-9(14)7-2-1-3-18-11(7)10/h4-5,7,9-11,15H,1-3,14H2,(H,16,17). The van der Waals surface area contributed by atoms with Crippen LogP contribution in [0, 0.1) is 5.92 Å². The number of hydrogen-bond acceptors (Lipinski definition) is 3. The highest BCUT2D eigenvalue weighted by Crippen LogP contribution is 2.37. The summed E-state index contributed by atoms with van der Waals surface area (Å²) in [6.45, 7) is 0.772. The average molecular weight is 314 g/mol. The quantitative estimate of drug-likeness (QED) is 0.762. The molecule has 1 saturated heterocycles. The zero-order valence-corrected chi connectivity index (χ0v) is 11.4. The van der Waals surface area contributed by atoms with Gasteiger partial charge in [0.05, 0.1) is 12.1 Å². The summed E-state index contributed by atoms with van der Waals surface area (Å²) in [4.78, 5) is 14.9. The molecule has 0 aromatic carbocycles. The number of ether oxygens (including phenoxy) is 1. The molecule has 18 heavy (non-hydrogen) atoms. The predicted molar refractivity (Wildman–Crippen MR) is 70.2 cm³/mol. The maximum Gasteiger partial charge on any atom is 0.268 e. The fraction of sp³-hybridized carbons (Fsp3) is 0.583. The SMILES string of the molecule is NC1C2CCCOC2C1NC(=O)c1cc(Br)c[nH]1. The van der Waals surface area contributed by atoms with Gasteiger partial charge in [-0.3, -0.25) is 4.79 Å². The third-order valence-electron chi connectivity index (χ3n) is 3.87. The average Bonchev–Trinajstić information content (AvgIpc) is 2.82. The Hall–Kier alpha value is -0.850. The Morgan fingerprint density at radius 3 is 3.17 bits per heavy atom. The lowest BCUT2D eigenvalue weighted by atomic mass is 9.68. The molecule has 1 aromatic rings. The van der Waals surface area contributed by atoms with E-state index in [9.17, 15) is 4.79 Å². The molecule has 2 aliphatic rings. The van der Waals surface area contributed by atoms with Gasteiger partial charge in [0, 0.05) is 29.2 Å². The second-order valence-corrected chi connectivity index (χ2v) is 5.87. The Kier molecular flexibility index (Phi) is 3.17. The summed E-state index contributed by atoms with van der Waals surface area (Å²) >= 11 is 3.30. The lowest BCUT2D eigenvalue weighted by Crippen LogP contribution is -2.72. The van der Waals surface area contributed by atoms with Crippen molar-refractivity contribution in [2.45, 2.75) is 31.0 Å². The largest absolute Gasteiger partial charge is 0.376 e. The monoisotopic (exact) mass is 313 g/mol. The number of carbonyl (C=O) groups excluding carboxylic acids is 1. The summed E-state index contributed by atoms with van der Waals surface area (Å²) in [7, 11) is 0. The molecule has 3 rings (SSSR count). The van der Waals surface area contributed by atoms with Crippen molar-refractivity contribution in [2.75, 3.05) is 6.61 Å². The Balaban J connectivity index is 1.64. The summed E-state index contributed by atoms with van der Waals surface area (Å²) in [6.07, 6.45) is 4.00. The second kappa shape index (κ2) is 4.68. The zero-order valence-electron chi connectivity index (χ0n) is 9.86. The van der Waals surface area contributed by atoms with Crippen molar-refractivity contribution in [1.29, 1.82) is 0 Å². The van der Waals surface area contributed by atoms with E-state index >= 15 is 0 Å². The van der Waals surface area contributed by atoms with Crippen molar-refractivity contribution < 1.29 is 9.53 Å². The van der Waals surface area contributed by atoms with E-state index in [-0.39, 0.29) is 24.1 Å². The molecule has 1 saturated carbocycles. The molecule has 1 aliphatic heterocycles. The molecular formula is C12H16BrN3O2. The Morgan fingerprint density at radius 1 is 1.61 bits per heavy atom. The maximum absolute atomic E-state index is 12.0. The number of aromatic nitrogens is 1. The van der Waals surface area contributed by atoms with Gasteiger partial charge in [0.1, 0.15) is 5.69 Å². The van der Waals surface area contributed by atoms with Crippen LogP contribution in [0.2, 0.25) is 0 Å². The Labute approximate surface area is 114 Å². The molecule has 4 atom stereocenters. The van der Waals surface area contributed by atoms with Gasteiger partial charge in [0.15, 0.2) is 0 Å². The molecule has 4 unspecified atom stereocenters. The zero-order chi connectivity index (χ0) is 12.7. The number of fused-ring (bicyclic) bond motifs is 1. The highest BCUT2D eigenvalue weighted by Gasteiger charge is 2.51. The number of H-pyrrole nitrogens is 1. The van der Waals surface area contributed by atoms with Crippen molar-refractivity contribution in [1.82, 2.24) is 10.3 Å². The van der Waals surface area contributed by atoms with E-state index in [4.69, 9.17) is 10.5 Å². The first kappa shape index (κ1) is 12.2. The summed E-state index contributed by atoms with van der Waals surface area (Å²) in [5.41, 5.74) is 6.63. The van der Waals surface area contributed by atoms with E-state index in [1.54, 1.807) is 12.3 Å². The first-order valence-corrected chi connectivity index (χ1v) is 6.98. The molecule has 98 valence electrons. The van der Waals surface area contributed by atoms with Crippen molar-refractivity contribution >= 4 is 21.8 Å². The fourth-order valence-corrected chi connectivity index (χ4v) is 3.20. The molecule has 0 spiro atoms. The summed E-state index contributed by atoms with van der Waals surface area (Å²) < 4.78 is 6.55. The van der Waals surface area contributed by atoms with Gasteiger partial charge < -0.3 is 20.8 Å². The van der Waals surface area contributed by atoms with Crippen molar-refractivity contribution in [3.05, 3.63) is 22.4 Å². The van der Waals surface area contributed by atoms with Gasteiger partial charge >= 0.3 is 0 Å². The summed E-state index contributed by atoms with van der Waals surface area (Å²) in [5, 5.41) is 2.95. The topological polar surface area (TPSA) is 80.1 Å². The van der Waals surface area contributed by atoms with Crippen LogP contribution in [-0.2, 0) is 4.74 Å². The van der Waals surface area contributed by atoms with Crippen LogP contribution in [0.15, 0.2) is 16.7 Å². The van der Waals surface area contributed by atoms with E-state index in [1.807, 2.05) is 0 Å². The molecule has 2 fully saturated rings. The van der Waals surface area contributed by atoms with Crippen LogP contribution >= 0.6 is 15.9 Å². The first-order valence-electron chi connectivity index (χ1n) is 6.19. The predicted octanol–water partition coefficient (Wildman–Crippen LogP) is 1.01. The number of aromatic amines is 1. The van der Waals surface area contributed by atoms with Gasteiger partial charge in [0.2, 0.25) is 0 Å². The molecule has 1 amide bonds. The molecule has 1 aromatic heterocycles. The molecule has 2 heterocycles. The van der Waals surface area contributed by atoms with E-state index in [0.717, 1.165) is 23.9 Å². The smallest absolute Gasteiger partial charge is 0.268 e. The van der Waals surface area contributed by atoms with Crippen LogP contribution < -0.4 is 11.1 Å². The number of amides is 1. The summed E-state index contributed by atoms with van der Waals surface area (Å²) in [6, 6.07) is 1.70. The van der Waals surface area contributed by atoms with Crippen LogP contribution in [0.25, 0.3) is 0 Å². The molecule has 4 N–H and O–H groups in total. The molecule has 1 aliphatic carbocycles. The number of nitrogens with two attached hydrogens (primary N) is 1. The minimum absolute atomic E-state index is 0.0117. The lowest BCUT2D eigenvalue weighted by molar-refractivity contribution is -0.117. The molecule has 0 radical (unpaired) electrons. The molecular weight excluding hydrogens is 298 g/mol. The van der Waals surface area contributed by atoms with Crippen LogP contribution in [0.1, 0.15) is 23.3 Å². The number of halogens is 1. The number of hydrogen-bond donors (Lipinski definition) is 3. The number of nitrogens with one attached hydrogen (secondary N) is 2. The minimum Gasteiger partial charge on any atom is -0.376 e. The van der Waals surface area contributed by atoms with Gasteiger partial charge in [-0.05, 0) is 34.8 Å². The molecule has 5 nitrogen and oxygen atoms in total. The van der Waals surface area contributed by atoms with Crippen molar-refractivity contribution in [3.8, 4) is 0 Å². The van der Waals surface area contributed by atoms with E-state index in [2.05, 4.69) is 26.2 Å². The maximum atomic E-state index is 12.0. The van der Waals surface area contributed by atoms with E-state index in [1.165, 1.54) is 0 Å². The lowest BCUT2D eigenvalue weighted by Gasteiger charge is -2.52. The first-order chi connectivity index (χ1) is 8.66. The van der Waals surface area contributed by atoms with Crippen LogP contribution in [0.4, 0.5) is 0 Å².